The van der Waals surface area contributed by atoms with Gasteiger partial charge in [-0.1, -0.05) is 17.7 Å². The van der Waals surface area contributed by atoms with Crippen molar-refractivity contribution in [3.05, 3.63) is 53.6 Å². The molecule has 2 aromatic rings. The van der Waals surface area contributed by atoms with Crippen molar-refractivity contribution in [1.29, 1.82) is 0 Å². The second-order valence-corrected chi connectivity index (χ2v) is 7.70. The molecule has 7 heteroatoms. The maximum Gasteiger partial charge on any atom is 0.342 e. The Hall–Kier alpha value is -2.12. The van der Waals surface area contributed by atoms with Crippen LogP contribution in [0, 0.1) is 6.92 Å². The Morgan fingerprint density at radius 1 is 1.07 bits per heavy atom. The van der Waals surface area contributed by atoms with Crippen LogP contribution in [0.4, 0.5) is 0 Å². The standard InChI is InChI=1S/C20H23NO4S2/c1-14-4-6-15(7-5-14)27-11-10-21-19(22)13-25-20(23)17-9-8-16(26-3)12-18(17)24-2/h4-9,12H,10-11,13H2,1-3H3,(H,21,22). The van der Waals surface area contributed by atoms with Gasteiger partial charge in [-0.25, -0.2) is 4.79 Å². The second-order valence-electron chi connectivity index (χ2n) is 5.65. The van der Waals surface area contributed by atoms with Gasteiger partial charge in [0.05, 0.1) is 7.11 Å². The van der Waals surface area contributed by atoms with Gasteiger partial charge in [-0.3, -0.25) is 4.79 Å². The number of aryl methyl sites for hydroxylation is 1. The minimum absolute atomic E-state index is 0.304. The number of rotatable bonds is 9. The van der Waals surface area contributed by atoms with Crippen LogP contribution in [0.5, 0.6) is 5.75 Å². The van der Waals surface area contributed by atoms with E-state index in [0.717, 1.165) is 15.5 Å². The Morgan fingerprint density at radius 3 is 2.44 bits per heavy atom. The van der Waals surface area contributed by atoms with Gasteiger partial charge in [0, 0.05) is 22.1 Å². The minimum Gasteiger partial charge on any atom is -0.496 e. The molecule has 27 heavy (non-hydrogen) atoms. The van der Waals surface area contributed by atoms with Crippen LogP contribution >= 0.6 is 23.5 Å². The number of benzene rings is 2. The Morgan fingerprint density at radius 2 is 1.78 bits per heavy atom. The predicted molar refractivity (Wildman–Crippen MR) is 110 cm³/mol. The molecule has 0 unspecified atom stereocenters. The van der Waals surface area contributed by atoms with Gasteiger partial charge in [-0.05, 0) is 43.5 Å². The first-order valence-corrected chi connectivity index (χ1v) is 10.6. The highest BCUT2D eigenvalue weighted by molar-refractivity contribution is 7.99. The van der Waals surface area contributed by atoms with Crippen molar-refractivity contribution in [2.75, 3.05) is 32.3 Å². The summed E-state index contributed by atoms with van der Waals surface area (Å²) in [6.45, 7) is 2.23. The van der Waals surface area contributed by atoms with E-state index in [1.54, 1.807) is 35.7 Å². The van der Waals surface area contributed by atoms with Gasteiger partial charge in [0.2, 0.25) is 0 Å². The number of methoxy groups -OCH3 is 1. The van der Waals surface area contributed by atoms with Crippen LogP contribution in [0.1, 0.15) is 15.9 Å². The highest BCUT2D eigenvalue weighted by Crippen LogP contribution is 2.25. The molecule has 0 fully saturated rings. The molecule has 5 nitrogen and oxygen atoms in total. The molecule has 0 spiro atoms. The van der Waals surface area contributed by atoms with Crippen LogP contribution in [-0.2, 0) is 9.53 Å². The maximum absolute atomic E-state index is 12.2. The molecule has 0 saturated heterocycles. The van der Waals surface area contributed by atoms with Gasteiger partial charge in [0.25, 0.3) is 5.91 Å². The van der Waals surface area contributed by atoms with E-state index >= 15 is 0 Å². The lowest BCUT2D eigenvalue weighted by atomic mass is 10.2. The zero-order chi connectivity index (χ0) is 19.6. The van der Waals surface area contributed by atoms with E-state index in [1.165, 1.54) is 12.7 Å². The fourth-order valence-corrected chi connectivity index (χ4v) is 3.42. The summed E-state index contributed by atoms with van der Waals surface area (Å²) in [5.41, 5.74) is 1.52. The zero-order valence-electron chi connectivity index (χ0n) is 15.6. The number of nitrogens with one attached hydrogen (secondary N) is 1. The summed E-state index contributed by atoms with van der Waals surface area (Å²) in [4.78, 5) is 26.2. The van der Waals surface area contributed by atoms with Crippen LogP contribution in [-0.4, -0.2) is 44.1 Å². The fourth-order valence-electron chi connectivity index (χ4n) is 2.22. The van der Waals surface area contributed by atoms with Crippen molar-refractivity contribution in [2.45, 2.75) is 16.7 Å². The van der Waals surface area contributed by atoms with E-state index in [2.05, 4.69) is 29.6 Å². The average molecular weight is 406 g/mol. The van der Waals surface area contributed by atoms with E-state index in [4.69, 9.17) is 9.47 Å². The summed E-state index contributed by atoms with van der Waals surface area (Å²) >= 11 is 3.21. The third-order valence-electron chi connectivity index (χ3n) is 3.68. The number of hydrogen-bond acceptors (Lipinski definition) is 6. The molecule has 0 atom stereocenters. The van der Waals surface area contributed by atoms with E-state index < -0.39 is 5.97 Å². The lowest BCUT2D eigenvalue weighted by molar-refractivity contribution is -0.124. The Labute approximate surface area is 168 Å². The van der Waals surface area contributed by atoms with Gasteiger partial charge in [0.15, 0.2) is 6.61 Å². The predicted octanol–water partition coefficient (Wildman–Crippen LogP) is 3.79. The molecule has 1 amide bonds. The lowest BCUT2D eigenvalue weighted by Crippen LogP contribution is -2.30. The van der Waals surface area contributed by atoms with Crippen molar-refractivity contribution in [3.8, 4) is 5.75 Å². The van der Waals surface area contributed by atoms with Gasteiger partial charge >= 0.3 is 5.97 Å². The number of amides is 1. The van der Waals surface area contributed by atoms with Crippen molar-refractivity contribution >= 4 is 35.4 Å². The largest absolute Gasteiger partial charge is 0.496 e. The number of esters is 1. The Balaban J connectivity index is 1.73. The second kappa shape index (κ2) is 10.9. The summed E-state index contributed by atoms with van der Waals surface area (Å²) < 4.78 is 10.3. The molecule has 2 rings (SSSR count). The Kier molecular flexibility index (Phi) is 8.54. The molecule has 144 valence electrons. The first kappa shape index (κ1) is 21.2. The quantitative estimate of drug-likeness (QED) is 0.389. The third kappa shape index (κ3) is 6.84. The van der Waals surface area contributed by atoms with E-state index in [1.807, 2.05) is 19.2 Å². The molecule has 0 bridgehead atoms. The van der Waals surface area contributed by atoms with Gasteiger partial charge in [-0.2, -0.15) is 0 Å². The molecule has 0 aliphatic heterocycles. The van der Waals surface area contributed by atoms with Crippen LogP contribution in [0.25, 0.3) is 0 Å². The molecule has 0 saturated carbocycles. The minimum atomic E-state index is -0.580. The molecule has 0 heterocycles. The molecule has 0 aliphatic rings. The molecule has 2 aromatic carbocycles. The van der Waals surface area contributed by atoms with Crippen LogP contribution < -0.4 is 10.1 Å². The van der Waals surface area contributed by atoms with Crippen molar-refractivity contribution < 1.29 is 19.1 Å². The highest BCUT2D eigenvalue weighted by atomic mass is 32.2. The number of hydrogen-bond donors (Lipinski definition) is 1. The summed E-state index contributed by atoms with van der Waals surface area (Å²) in [5.74, 6) is 0.269. The average Bonchev–Trinajstić information content (AvgIpc) is 2.70. The van der Waals surface area contributed by atoms with Crippen LogP contribution in [0.2, 0.25) is 0 Å². The number of thioether (sulfide) groups is 2. The normalized spacial score (nSPS) is 10.3. The maximum atomic E-state index is 12.2. The van der Waals surface area contributed by atoms with Crippen molar-refractivity contribution in [2.24, 2.45) is 0 Å². The first-order valence-electron chi connectivity index (χ1n) is 8.39. The Bertz CT molecular complexity index is 778. The summed E-state index contributed by atoms with van der Waals surface area (Å²) in [7, 11) is 1.49. The fraction of sp³-hybridized carbons (Fsp3) is 0.300. The van der Waals surface area contributed by atoms with E-state index in [0.29, 0.717) is 17.9 Å². The van der Waals surface area contributed by atoms with Crippen LogP contribution in [0.15, 0.2) is 52.3 Å². The van der Waals surface area contributed by atoms with Gasteiger partial charge in [-0.15, -0.1) is 23.5 Å². The lowest BCUT2D eigenvalue weighted by Gasteiger charge is -2.10. The molecular formula is C20H23NO4S2. The van der Waals surface area contributed by atoms with Crippen LogP contribution in [0.3, 0.4) is 0 Å². The molecule has 1 N–H and O–H groups in total. The summed E-state index contributed by atoms with van der Waals surface area (Å²) in [6.07, 6.45) is 1.94. The SMILES string of the molecule is COc1cc(SC)ccc1C(=O)OCC(=O)NCCSc1ccc(C)cc1. The van der Waals surface area contributed by atoms with E-state index in [-0.39, 0.29) is 12.5 Å². The molecular weight excluding hydrogens is 382 g/mol. The third-order valence-corrected chi connectivity index (χ3v) is 5.42. The summed E-state index contributed by atoms with van der Waals surface area (Å²) in [6, 6.07) is 13.4. The molecule has 0 aromatic heterocycles. The number of carbonyl (C=O) groups excluding carboxylic acids is 2. The smallest absolute Gasteiger partial charge is 0.342 e. The molecule has 0 aliphatic carbocycles. The van der Waals surface area contributed by atoms with Crippen molar-refractivity contribution in [1.82, 2.24) is 5.32 Å². The van der Waals surface area contributed by atoms with Crippen molar-refractivity contribution in [3.63, 3.8) is 0 Å². The van der Waals surface area contributed by atoms with E-state index in [9.17, 15) is 9.59 Å². The number of ether oxygens (including phenoxy) is 2. The van der Waals surface area contributed by atoms with Gasteiger partial charge < -0.3 is 14.8 Å². The monoisotopic (exact) mass is 405 g/mol. The van der Waals surface area contributed by atoms with Gasteiger partial charge in [0.1, 0.15) is 11.3 Å². The topological polar surface area (TPSA) is 64.6 Å². The zero-order valence-corrected chi connectivity index (χ0v) is 17.2. The number of carbonyl (C=O) groups is 2. The summed E-state index contributed by atoms with van der Waals surface area (Å²) in [5, 5.41) is 2.75. The highest BCUT2D eigenvalue weighted by Gasteiger charge is 2.15. The molecule has 0 radical (unpaired) electrons. The first-order chi connectivity index (χ1) is 13.0.